The van der Waals surface area contributed by atoms with Gasteiger partial charge < -0.3 is 5.11 Å². The van der Waals surface area contributed by atoms with Crippen LogP contribution in [0.2, 0.25) is 5.02 Å². The number of aliphatic hydroxyl groups excluding tert-OH is 1. The molecule has 0 heterocycles. The van der Waals surface area contributed by atoms with Crippen LogP contribution in [0.4, 0.5) is 4.39 Å². The van der Waals surface area contributed by atoms with E-state index in [2.05, 4.69) is 0 Å². The van der Waals surface area contributed by atoms with Crippen molar-refractivity contribution in [2.24, 2.45) is 0 Å². The summed E-state index contributed by atoms with van der Waals surface area (Å²) in [6.07, 6.45) is 0.0829. The summed E-state index contributed by atoms with van der Waals surface area (Å²) in [5.74, 6) is 0. The SMILES string of the molecule is CC(O)Cc1ccc(CF)cc1Cl. The van der Waals surface area contributed by atoms with Crippen molar-refractivity contribution in [1.29, 1.82) is 0 Å². The molecule has 0 aliphatic rings. The standard InChI is InChI=1S/C10H12ClFO/c1-7(13)4-9-3-2-8(6-12)5-10(9)11/h2-3,5,7,13H,4,6H2,1H3. The van der Waals surface area contributed by atoms with Gasteiger partial charge >= 0.3 is 0 Å². The maximum atomic E-state index is 12.2. The van der Waals surface area contributed by atoms with Crippen LogP contribution in [0.15, 0.2) is 18.2 Å². The Balaban J connectivity index is 2.85. The van der Waals surface area contributed by atoms with E-state index >= 15 is 0 Å². The molecule has 1 aromatic rings. The molecule has 1 nitrogen and oxygen atoms in total. The molecule has 1 aromatic carbocycles. The molecule has 3 heteroatoms. The van der Waals surface area contributed by atoms with E-state index in [0.29, 0.717) is 17.0 Å². The molecule has 1 atom stereocenters. The molecule has 0 saturated carbocycles. The van der Waals surface area contributed by atoms with Crippen LogP contribution in [0, 0.1) is 0 Å². The lowest BCUT2D eigenvalue weighted by Crippen LogP contribution is -2.04. The molecule has 1 N–H and O–H groups in total. The summed E-state index contributed by atoms with van der Waals surface area (Å²) in [6.45, 7) is 1.19. The van der Waals surface area contributed by atoms with Crippen LogP contribution < -0.4 is 0 Å². The largest absolute Gasteiger partial charge is 0.393 e. The summed E-state index contributed by atoms with van der Waals surface area (Å²) in [5.41, 5.74) is 1.42. The van der Waals surface area contributed by atoms with E-state index < -0.39 is 12.8 Å². The topological polar surface area (TPSA) is 20.2 Å². The Morgan fingerprint density at radius 2 is 2.23 bits per heavy atom. The minimum absolute atomic E-state index is 0.422. The fraction of sp³-hybridized carbons (Fsp3) is 0.400. The number of benzene rings is 1. The molecule has 0 fully saturated rings. The van der Waals surface area contributed by atoms with Crippen molar-refractivity contribution in [2.45, 2.75) is 26.1 Å². The van der Waals surface area contributed by atoms with Gasteiger partial charge in [-0.25, -0.2) is 4.39 Å². The van der Waals surface area contributed by atoms with Crippen LogP contribution in [0.1, 0.15) is 18.1 Å². The van der Waals surface area contributed by atoms with Crippen LogP contribution in [0.5, 0.6) is 0 Å². The molecule has 0 amide bonds. The highest BCUT2D eigenvalue weighted by Gasteiger charge is 2.04. The van der Waals surface area contributed by atoms with E-state index in [4.69, 9.17) is 16.7 Å². The molecular formula is C10H12ClFO. The second-order valence-electron chi connectivity index (χ2n) is 3.11. The Morgan fingerprint density at radius 1 is 1.54 bits per heavy atom. The average Bonchev–Trinajstić information content (AvgIpc) is 2.08. The molecule has 0 aliphatic carbocycles. The zero-order chi connectivity index (χ0) is 9.84. The fourth-order valence-corrected chi connectivity index (χ4v) is 1.44. The van der Waals surface area contributed by atoms with Crippen LogP contribution in [0.25, 0.3) is 0 Å². The van der Waals surface area contributed by atoms with Crippen molar-refractivity contribution in [3.05, 3.63) is 34.3 Å². The average molecular weight is 203 g/mol. The molecule has 0 saturated heterocycles. The highest BCUT2D eigenvalue weighted by molar-refractivity contribution is 6.31. The van der Waals surface area contributed by atoms with Crippen molar-refractivity contribution in [2.75, 3.05) is 0 Å². The Morgan fingerprint density at radius 3 is 2.69 bits per heavy atom. The second-order valence-corrected chi connectivity index (χ2v) is 3.52. The number of hydrogen-bond acceptors (Lipinski definition) is 1. The third kappa shape index (κ3) is 2.98. The van der Waals surface area contributed by atoms with Crippen molar-refractivity contribution in [1.82, 2.24) is 0 Å². The van der Waals surface area contributed by atoms with E-state index in [1.807, 2.05) is 0 Å². The van der Waals surface area contributed by atoms with Gasteiger partial charge in [0, 0.05) is 5.02 Å². The number of hydrogen-bond donors (Lipinski definition) is 1. The van der Waals surface area contributed by atoms with Crippen molar-refractivity contribution in [3.63, 3.8) is 0 Å². The van der Waals surface area contributed by atoms with Crippen LogP contribution in [-0.4, -0.2) is 11.2 Å². The van der Waals surface area contributed by atoms with E-state index in [1.165, 1.54) is 0 Å². The predicted octanol–water partition coefficient (Wildman–Crippen LogP) is 2.73. The molecular weight excluding hydrogens is 191 g/mol. The van der Waals surface area contributed by atoms with Gasteiger partial charge in [-0.2, -0.15) is 0 Å². The van der Waals surface area contributed by atoms with Gasteiger partial charge in [0.2, 0.25) is 0 Å². The summed E-state index contributed by atoms with van der Waals surface area (Å²) in [6, 6.07) is 5.03. The summed E-state index contributed by atoms with van der Waals surface area (Å²) < 4.78 is 12.2. The Hall–Kier alpha value is -0.600. The first kappa shape index (κ1) is 10.5. The third-order valence-corrected chi connectivity index (χ3v) is 2.14. The van der Waals surface area contributed by atoms with Crippen LogP contribution in [-0.2, 0) is 13.1 Å². The quantitative estimate of drug-likeness (QED) is 0.799. The molecule has 0 aliphatic heterocycles. The molecule has 0 bridgehead atoms. The van der Waals surface area contributed by atoms with E-state index in [0.717, 1.165) is 5.56 Å². The first-order valence-corrected chi connectivity index (χ1v) is 4.52. The third-order valence-electron chi connectivity index (χ3n) is 1.79. The second kappa shape index (κ2) is 4.58. The highest BCUT2D eigenvalue weighted by Crippen LogP contribution is 2.19. The van der Waals surface area contributed by atoms with E-state index in [9.17, 15) is 4.39 Å². The molecule has 72 valence electrons. The summed E-state index contributed by atoms with van der Waals surface area (Å²) in [4.78, 5) is 0. The number of halogens is 2. The summed E-state index contributed by atoms with van der Waals surface area (Å²) in [5, 5.41) is 9.65. The molecule has 0 spiro atoms. The minimum Gasteiger partial charge on any atom is -0.393 e. The molecule has 0 radical (unpaired) electrons. The van der Waals surface area contributed by atoms with Gasteiger partial charge in [-0.05, 0) is 30.5 Å². The molecule has 0 aromatic heterocycles. The molecule has 1 rings (SSSR count). The van der Waals surface area contributed by atoms with Crippen molar-refractivity contribution in [3.8, 4) is 0 Å². The first-order chi connectivity index (χ1) is 6.13. The Bertz CT molecular complexity index is 286. The number of rotatable bonds is 3. The van der Waals surface area contributed by atoms with Crippen molar-refractivity contribution >= 4 is 11.6 Å². The normalized spacial score (nSPS) is 12.9. The summed E-state index contributed by atoms with van der Waals surface area (Å²) >= 11 is 5.87. The van der Waals surface area contributed by atoms with Crippen molar-refractivity contribution < 1.29 is 9.50 Å². The lowest BCUT2D eigenvalue weighted by atomic mass is 10.1. The van der Waals surface area contributed by atoms with Crippen LogP contribution in [0.3, 0.4) is 0 Å². The molecule has 13 heavy (non-hydrogen) atoms. The van der Waals surface area contributed by atoms with Gasteiger partial charge in [-0.3, -0.25) is 0 Å². The van der Waals surface area contributed by atoms with Gasteiger partial charge in [0.15, 0.2) is 0 Å². The Labute approximate surface area is 82.2 Å². The van der Waals surface area contributed by atoms with Crippen LogP contribution >= 0.6 is 11.6 Å². The van der Waals surface area contributed by atoms with Gasteiger partial charge in [-0.15, -0.1) is 0 Å². The smallest absolute Gasteiger partial charge is 0.115 e. The predicted molar refractivity (Wildman–Crippen MR) is 51.6 cm³/mol. The van der Waals surface area contributed by atoms with E-state index in [1.54, 1.807) is 25.1 Å². The van der Waals surface area contributed by atoms with Gasteiger partial charge in [0.05, 0.1) is 6.10 Å². The minimum atomic E-state index is -0.505. The maximum Gasteiger partial charge on any atom is 0.115 e. The molecule has 1 unspecified atom stereocenters. The highest BCUT2D eigenvalue weighted by atomic mass is 35.5. The zero-order valence-corrected chi connectivity index (χ0v) is 8.18. The Kier molecular flexibility index (Phi) is 3.70. The van der Waals surface area contributed by atoms with Gasteiger partial charge in [0.25, 0.3) is 0 Å². The fourth-order valence-electron chi connectivity index (χ4n) is 1.16. The monoisotopic (exact) mass is 202 g/mol. The lowest BCUT2D eigenvalue weighted by molar-refractivity contribution is 0.195. The number of aliphatic hydroxyl groups is 1. The van der Waals surface area contributed by atoms with E-state index in [-0.39, 0.29) is 0 Å². The lowest BCUT2D eigenvalue weighted by Gasteiger charge is -2.07. The first-order valence-electron chi connectivity index (χ1n) is 4.15. The zero-order valence-electron chi connectivity index (χ0n) is 7.43. The maximum absolute atomic E-state index is 12.2. The van der Waals surface area contributed by atoms with Gasteiger partial charge in [0.1, 0.15) is 6.67 Å². The van der Waals surface area contributed by atoms with Gasteiger partial charge in [-0.1, -0.05) is 23.7 Å². The summed E-state index contributed by atoms with van der Waals surface area (Å²) in [7, 11) is 0. The number of alkyl halides is 1.